The first-order valence-corrected chi connectivity index (χ1v) is 4.40. The van der Waals surface area contributed by atoms with Gasteiger partial charge in [0.1, 0.15) is 0 Å². The summed E-state index contributed by atoms with van der Waals surface area (Å²) in [5, 5.41) is 8.81. The van der Waals surface area contributed by atoms with Gasteiger partial charge in [-0.15, -0.1) is 0 Å². The maximum Gasteiger partial charge on any atom is 0.354 e. The van der Waals surface area contributed by atoms with Gasteiger partial charge in [0.15, 0.2) is 5.69 Å². The third-order valence-corrected chi connectivity index (χ3v) is 1.67. The Labute approximate surface area is 82.5 Å². The van der Waals surface area contributed by atoms with E-state index in [0.717, 1.165) is 0 Å². The van der Waals surface area contributed by atoms with Crippen LogP contribution in [0, 0.1) is 0 Å². The van der Waals surface area contributed by atoms with Crippen molar-refractivity contribution < 1.29 is 14.6 Å². The molecule has 0 radical (unpaired) electrons. The summed E-state index contributed by atoms with van der Waals surface area (Å²) in [6.07, 6.45) is 1.54. The van der Waals surface area contributed by atoms with Crippen LogP contribution in [0.2, 0.25) is 0 Å². The Kier molecular flexibility index (Phi) is 3.59. The van der Waals surface area contributed by atoms with Crippen LogP contribution in [0.1, 0.15) is 29.9 Å². The predicted octanol–water partition coefficient (Wildman–Crippen LogP) is 1.70. The van der Waals surface area contributed by atoms with Crippen molar-refractivity contribution in [2.45, 2.75) is 26.6 Å². The van der Waals surface area contributed by atoms with E-state index in [1.807, 2.05) is 13.8 Å². The number of carboxylic acid groups (broad SMARTS) is 1. The second kappa shape index (κ2) is 4.72. The van der Waals surface area contributed by atoms with E-state index in [1.54, 1.807) is 12.1 Å². The predicted molar refractivity (Wildman–Crippen MR) is 51.1 cm³/mol. The summed E-state index contributed by atoms with van der Waals surface area (Å²) in [6, 6.07) is 3.41. The molecule has 14 heavy (non-hydrogen) atoms. The molecule has 1 N–H and O–H groups in total. The Hall–Kier alpha value is -1.42. The van der Waals surface area contributed by atoms with Crippen molar-refractivity contribution in [3.63, 3.8) is 0 Å². The molecule has 4 heteroatoms. The highest BCUT2D eigenvalue weighted by molar-refractivity contribution is 5.86. The lowest BCUT2D eigenvalue weighted by Crippen LogP contribution is -2.09. The van der Waals surface area contributed by atoms with Crippen LogP contribution in [0.3, 0.4) is 0 Å². The summed E-state index contributed by atoms with van der Waals surface area (Å²) in [7, 11) is 0. The normalized spacial score (nSPS) is 10.5. The molecule has 0 bridgehead atoms. The first-order chi connectivity index (χ1) is 6.61. The van der Waals surface area contributed by atoms with Crippen molar-refractivity contribution in [2.24, 2.45) is 0 Å². The number of hydrogen-bond acceptors (Lipinski definition) is 3. The second-order valence-corrected chi connectivity index (χ2v) is 3.18. The minimum absolute atomic E-state index is 0.0631. The summed E-state index contributed by atoms with van der Waals surface area (Å²) in [4.78, 5) is 14.5. The van der Waals surface area contributed by atoms with Crippen LogP contribution >= 0.6 is 0 Å². The van der Waals surface area contributed by atoms with Gasteiger partial charge in [0, 0.05) is 11.8 Å². The fraction of sp³-hybridized carbons (Fsp3) is 0.400. The molecule has 0 amide bonds. The maximum atomic E-state index is 10.7. The average molecular weight is 195 g/mol. The van der Waals surface area contributed by atoms with E-state index < -0.39 is 5.97 Å². The number of pyridine rings is 1. The van der Waals surface area contributed by atoms with Gasteiger partial charge in [0.2, 0.25) is 0 Å². The first-order valence-electron chi connectivity index (χ1n) is 4.40. The second-order valence-electron chi connectivity index (χ2n) is 3.18. The Morgan fingerprint density at radius 2 is 2.36 bits per heavy atom. The van der Waals surface area contributed by atoms with Crippen LogP contribution in [-0.2, 0) is 11.3 Å². The van der Waals surface area contributed by atoms with Gasteiger partial charge in [0.05, 0.1) is 12.7 Å². The van der Waals surface area contributed by atoms with Crippen LogP contribution in [0.5, 0.6) is 0 Å². The Bertz CT molecular complexity index is 323. The van der Waals surface area contributed by atoms with Crippen LogP contribution in [0.25, 0.3) is 0 Å². The van der Waals surface area contributed by atoms with Gasteiger partial charge < -0.3 is 9.84 Å². The Balaban J connectivity index is 2.79. The van der Waals surface area contributed by atoms with Gasteiger partial charge in [-0.25, -0.2) is 9.78 Å². The monoisotopic (exact) mass is 195 g/mol. The molecule has 0 saturated carbocycles. The van der Waals surface area contributed by atoms with E-state index in [0.29, 0.717) is 5.56 Å². The molecular formula is C10H13NO3. The van der Waals surface area contributed by atoms with Gasteiger partial charge in [0.25, 0.3) is 0 Å². The summed E-state index contributed by atoms with van der Waals surface area (Å²) < 4.78 is 5.32. The summed E-state index contributed by atoms with van der Waals surface area (Å²) in [6.45, 7) is 4.08. The number of ether oxygens (including phenoxy) is 1. The molecule has 0 aromatic carbocycles. The van der Waals surface area contributed by atoms with Crippen molar-refractivity contribution in [1.82, 2.24) is 4.98 Å². The van der Waals surface area contributed by atoms with Gasteiger partial charge >= 0.3 is 5.97 Å². The number of carboxylic acids is 1. The zero-order chi connectivity index (χ0) is 10.6. The van der Waals surface area contributed by atoms with E-state index in [2.05, 4.69) is 4.98 Å². The minimum atomic E-state index is -1.02. The lowest BCUT2D eigenvalue weighted by Gasteiger charge is -2.08. The Morgan fingerprint density at radius 3 is 2.93 bits per heavy atom. The quantitative estimate of drug-likeness (QED) is 0.794. The molecule has 4 nitrogen and oxygen atoms in total. The molecule has 0 atom stereocenters. The number of nitrogens with zero attached hydrogens (tertiary/aromatic N) is 1. The third kappa shape index (κ3) is 2.81. The molecule has 0 aliphatic heterocycles. The highest BCUT2D eigenvalue weighted by Gasteiger charge is 2.10. The van der Waals surface area contributed by atoms with E-state index in [-0.39, 0.29) is 18.4 Å². The molecule has 0 unspecified atom stereocenters. The molecule has 76 valence electrons. The SMILES string of the molecule is CC(C)OCc1cccnc1C(=O)O. The van der Waals surface area contributed by atoms with E-state index in [4.69, 9.17) is 9.84 Å². The number of hydrogen-bond donors (Lipinski definition) is 1. The molecule has 0 fully saturated rings. The number of carbonyl (C=O) groups is 1. The van der Waals surface area contributed by atoms with Crippen molar-refractivity contribution in [3.05, 3.63) is 29.6 Å². The van der Waals surface area contributed by atoms with Crippen LogP contribution < -0.4 is 0 Å². The fourth-order valence-corrected chi connectivity index (χ4v) is 1.00. The first kappa shape index (κ1) is 10.7. The topological polar surface area (TPSA) is 59.4 Å². The van der Waals surface area contributed by atoms with Gasteiger partial charge in [-0.2, -0.15) is 0 Å². The summed E-state index contributed by atoms with van der Waals surface area (Å²) in [5.74, 6) is -1.02. The molecule has 0 aliphatic rings. The number of rotatable bonds is 4. The zero-order valence-corrected chi connectivity index (χ0v) is 8.23. The van der Waals surface area contributed by atoms with E-state index in [9.17, 15) is 4.79 Å². The van der Waals surface area contributed by atoms with Crippen molar-refractivity contribution >= 4 is 5.97 Å². The molecule has 0 spiro atoms. The van der Waals surface area contributed by atoms with Gasteiger partial charge in [-0.3, -0.25) is 0 Å². The van der Waals surface area contributed by atoms with Crippen LogP contribution in [0.4, 0.5) is 0 Å². The molecule has 1 aromatic heterocycles. The molecule has 1 heterocycles. The molecule has 0 aliphatic carbocycles. The van der Waals surface area contributed by atoms with Crippen molar-refractivity contribution in [2.75, 3.05) is 0 Å². The van der Waals surface area contributed by atoms with Gasteiger partial charge in [-0.1, -0.05) is 6.07 Å². The summed E-state index contributed by atoms with van der Waals surface area (Å²) in [5.41, 5.74) is 0.668. The van der Waals surface area contributed by atoms with Crippen molar-refractivity contribution in [1.29, 1.82) is 0 Å². The average Bonchev–Trinajstić information content (AvgIpc) is 2.15. The highest BCUT2D eigenvalue weighted by Crippen LogP contribution is 2.08. The van der Waals surface area contributed by atoms with E-state index >= 15 is 0 Å². The molecule has 1 aromatic rings. The standard InChI is InChI=1S/C10H13NO3/c1-7(2)14-6-8-4-3-5-11-9(8)10(12)13/h3-5,7H,6H2,1-2H3,(H,12,13). The van der Waals surface area contributed by atoms with Crippen molar-refractivity contribution in [3.8, 4) is 0 Å². The lowest BCUT2D eigenvalue weighted by molar-refractivity contribution is 0.0600. The molecule has 0 saturated heterocycles. The smallest absolute Gasteiger partial charge is 0.354 e. The number of aromatic nitrogens is 1. The molecule has 1 rings (SSSR count). The lowest BCUT2D eigenvalue weighted by atomic mass is 10.2. The van der Waals surface area contributed by atoms with Gasteiger partial charge in [-0.05, 0) is 19.9 Å². The van der Waals surface area contributed by atoms with E-state index in [1.165, 1.54) is 6.20 Å². The maximum absolute atomic E-state index is 10.7. The zero-order valence-electron chi connectivity index (χ0n) is 8.23. The number of aromatic carboxylic acids is 1. The Morgan fingerprint density at radius 1 is 1.64 bits per heavy atom. The minimum Gasteiger partial charge on any atom is -0.477 e. The largest absolute Gasteiger partial charge is 0.477 e. The highest BCUT2D eigenvalue weighted by atomic mass is 16.5. The molecular weight excluding hydrogens is 182 g/mol. The van der Waals surface area contributed by atoms with Crippen LogP contribution in [0.15, 0.2) is 18.3 Å². The van der Waals surface area contributed by atoms with Crippen LogP contribution in [-0.4, -0.2) is 22.2 Å². The third-order valence-electron chi connectivity index (χ3n) is 1.67. The summed E-state index contributed by atoms with van der Waals surface area (Å²) >= 11 is 0. The fourth-order valence-electron chi connectivity index (χ4n) is 1.00.